The van der Waals surface area contributed by atoms with Gasteiger partial charge >= 0.3 is 0 Å². The summed E-state index contributed by atoms with van der Waals surface area (Å²) >= 11 is 6.46. The summed E-state index contributed by atoms with van der Waals surface area (Å²) in [5.41, 5.74) is 5.44. The smallest absolute Gasteiger partial charge is 0.257 e. The first-order valence-corrected chi connectivity index (χ1v) is 12.9. The SMILES string of the molecule is COc1ccc(N2CCN(C(=O)c3cnc4cc(-c5ccccc5Cl)nn4c3-c3ccccc3)CC2)cc1. The molecule has 0 radical (unpaired) electrons. The number of methoxy groups -OCH3 is 1. The van der Waals surface area contributed by atoms with Crippen LogP contribution in [0.25, 0.3) is 28.2 Å². The van der Waals surface area contributed by atoms with Crippen molar-refractivity contribution in [2.24, 2.45) is 0 Å². The molecule has 0 bridgehead atoms. The zero-order valence-corrected chi connectivity index (χ0v) is 21.7. The first-order valence-electron chi connectivity index (χ1n) is 12.5. The quantitative estimate of drug-likeness (QED) is 0.296. The topological polar surface area (TPSA) is 63.0 Å². The van der Waals surface area contributed by atoms with Crippen molar-refractivity contribution in [2.45, 2.75) is 0 Å². The standard InChI is InChI=1S/C30H26ClN5O2/c1-38-23-13-11-22(12-14-23)34-15-17-35(18-16-34)30(37)25-20-32-28-19-27(24-9-5-6-10-26(24)31)33-36(28)29(25)21-7-3-2-4-8-21/h2-14,19-20H,15-18H2,1H3. The van der Waals surface area contributed by atoms with Crippen LogP contribution < -0.4 is 9.64 Å². The van der Waals surface area contributed by atoms with Crippen LogP contribution in [0.2, 0.25) is 5.02 Å². The van der Waals surface area contributed by atoms with Crippen LogP contribution in [0.5, 0.6) is 5.75 Å². The van der Waals surface area contributed by atoms with Gasteiger partial charge in [-0.15, -0.1) is 0 Å². The monoisotopic (exact) mass is 523 g/mol. The summed E-state index contributed by atoms with van der Waals surface area (Å²) in [5.74, 6) is 0.776. The second kappa shape index (κ2) is 10.2. The molecule has 7 nitrogen and oxygen atoms in total. The van der Waals surface area contributed by atoms with Gasteiger partial charge in [0.25, 0.3) is 5.91 Å². The van der Waals surface area contributed by atoms with E-state index < -0.39 is 0 Å². The van der Waals surface area contributed by atoms with Crippen molar-refractivity contribution in [2.75, 3.05) is 38.2 Å². The Labute approximate surface area is 225 Å². The number of benzene rings is 3. The van der Waals surface area contributed by atoms with E-state index in [0.717, 1.165) is 41.3 Å². The highest BCUT2D eigenvalue weighted by atomic mass is 35.5. The van der Waals surface area contributed by atoms with Crippen molar-refractivity contribution in [3.05, 3.63) is 102 Å². The molecule has 1 aliphatic rings. The number of amides is 1. The average Bonchev–Trinajstić information content (AvgIpc) is 3.41. The molecule has 38 heavy (non-hydrogen) atoms. The largest absolute Gasteiger partial charge is 0.497 e. The lowest BCUT2D eigenvalue weighted by molar-refractivity contribution is 0.0746. The second-order valence-corrected chi connectivity index (χ2v) is 9.55. The van der Waals surface area contributed by atoms with E-state index >= 15 is 0 Å². The Bertz CT molecular complexity index is 1590. The molecule has 0 unspecified atom stereocenters. The third kappa shape index (κ3) is 4.46. The molecule has 190 valence electrons. The number of aromatic nitrogens is 3. The zero-order chi connectivity index (χ0) is 26.1. The number of nitrogens with zero attached hydrogens (tertiary/aromatic N) is 5. The molecular weight excluding hydrogens is 498 g/mol. The number of carbonyl (C=O) groups is 1. The van der Waals surface area contributed by atoms with E-state index in [4.69, 9.17) is 21.4 Å². The van der Waals surface area contributed by atoms with Gasteiger partial charge in [-0.2, -0.15) is 5.10 Å². The van der Waals surface area contributed by atoms with Gasteiger partial charge in [0.05, 0.1) is 29.1 Å². The van der Waals surface area contributed by atoms with E-state index in [9.17, 15) is 4.79 Å². The number of anilines is 1. The molecule has 3 aromatic carbocycles. The highest BCUT2D eigenvalue weighted by Crippen LogP contribution is 2.31. The van der Waals surface area contributed by atoms with Crippen LogP contribution in [0.15, 0.2) is 91.1 Å². The van der Waals surface area contributed by atoms with E-state index in [1.807, 2.05) is 77.7 Å². The predicted octanol–water partition coefficient (Wildman–Crippen LogP) is 5.69. The van der Waals surface area contributed by atoms with Gasteiger partial charge in [0, 0.05) is 55.3 Å². The van der Waals surface area contributed by atoms with Crippen LogP contribution in [0.3, 0.4) is 0 Å². The normalized spacial score (nSPS) is 13.6. The number of fused-ring (bicyclic) bond motifs is 1. The van der Waals surface area contributed by atoms with Crippen LogP contribution in [0.1, 0.15) is 10.4 Å². The number of ether oxygens (including phenoxy) is 1. The molecule has 2 aromatic heterocycles. The number of rotatable bonds is 5. The maximum atomic E-state index is 13.9. The Morgan fingerprint density at radius 1 is 0.895 bits per heavy atom. The average molecular weight is 524 g/mol. The van der Waals surface area contributed by atoms with Crippen LogP contribution >= 0.6 is 11.6 Å². The van der Waals surface area contributed by atoms with Crippen LogP contribution in [0, 0.1) is 0 Å². The van der Waals surface area contributed by atoms with E-state index in [1.165, 1.54) is 0 Å². The molecule has 1 fully saturated rings. The number of piperazine rings is 1. The van der Waals surface area contributed by atoms with Gasteiger partial charge in [0.15, 0.2) is 5.65 Å². The summed E-state index contributed by atoms with van der Waals surface area (Å²) in [6.07, 6.45) is 1.67. The molecule has 0 spiro atoms. The number of hydrogen-bond donors (Lipinski definition) is 0. The third-order valence-electron chi connectivity index (χ3n) is 6.92. The second-order valence-electron chi connectivity index (χ2n) is 9.14. The molecular formula is C30H26ClN5O2. The van der Waals surface area contributed by atoms with Crippen LogP contribution in [-0.2, 0) is 0 Å². The first-order chi connectivity index (χ1) is 18.6. The highest BCUT2D eigenvalue weighted by molar-refractivity contribution is 6.33. The molecule has 8 heteroatoms. The van der Waals surface area contributed by atoms with E-state index in [0.29, 0.717) is 35.0 Å². The number of halogens is 1. The van der Waals surface area contributed by atoms with Crippen molar-refractivity contribution in [1.29, 1.82) is 0 Å². The minimum atomic E-state index is -0.0533. The van der Waals surface area contributed by atoms with Gasteiger partial charge in [0.2, 0.25) is 0 Å². The number of carbonyl (C=O) groups excluding carboxylic acids is 1. The van der Waals surface area contributed by atoms with Gasteiger partial charge in [0.1, 0.15) is 5.75 Å². The van der Waals surface area contributed by atoms with Gasteiger partial charge in [-0.1, -0.05) is 60.1 Å². The Kier molecular flexibility index (Phi) is 6.43. The van der Waals surface area contributed by atoms with E-state index in [-0.39, 0.29) is 5.91 Å². The van der Waals surface area contributed by atoms with Crippen molar-refractivity contribution in [3.8, 4) is 28.3 Å². The Balaban J connectivity index is 1.33. The van der Waals surface area contributed by atoms with Gasteiger partial charge in [-0.3, -0.25) is 4.79 Å². The lowest BCUT2D eigenvalue weighted by Gasteiger charge is -2.36. The summed E-state index contributed by atoms with van der Waals surface area (Å²) < 4.78 is 7.03. The molecule has 0 N–H and O–H groups in total. The fourth-order valence-corrected chi connectivity index (χ4v) is 5.13. The first kappa shape index (κ1) is 24.0. The summed E-state index contributed by atoms with van der Waals surface area (Å²) in [6, 6.07) is 27.4. The zero-order valence-electron chi connectivity index (χ0n) is 20.9. The molecule has 6 rings (SSSR count). The van der Waals surface area contributed by atoms with Crippen LogP contribution in [-0.4, -0.2) is 58.7 Å². The lowest BCUT2D eigenvalue weighted by atomic mass is 10.1. The van der Waals surface area contributed by atoms with Crippen LogP contribution in [0.4, 0.5) is 5.69 Å². The van der Waals surface area contributed by atoms with Gasteiger partial charge < -0.3 is 14.5 Å². The van der Waals surface area contributed by atoms with Crippen molar-refractivity contribution in [1.82, 2.24) is 19.5 Å². The Hall–Kier alpha value is -4.36. The molecule has 1 saturated heterocycles. The summed E-state index contributed by atoms with van der Waals surface area (Å²) in [7, 11) is 1.66. The molecule has 0 atom stereocenters. The highest BCUT2D eigenvalue weighted by Gasteiger charge is 2.27. The van der Waals surface area contributed by atoms with Crippen molar-refractivity contribution in [3.63, 3.8) is 0 Å². The lowest BCUT2D eigenvalue weighted by Crippen LogP contribution is -2.49. The summed E-state index contributed by atoms with van der Waals surface area (Å²) in [4.78, 5) is 22.7. The minimum Gasteiger partial charge on any atom is -0.497 e. The predicted molar refractivity (Wildman–Crippen MR) is 150 cm³/mol. The molecule has 1 aliphatic heterocycles. The van der Waals surface area contributed by atoms with Gasteiger partial charge in [-0.05, 0) is 30.3 Å². The van der Waals surface area contributed by atoms with Gasteiger partial charge in [-0.25, -0.2) is 9.50 Å². The fraction of sp³-hybridized carbons (Fsp3) is 0.167. The number of hydrogen-bond acceptors (Lipinski definition) is 5. The fourth-order valence-electron chi connectivity index (χ4n) is 4.90. The van der Waals surface area contributed by atoms with Crippen molar-refractivity contribution < 1.29 is 9.53 Å². The summed E-state index contributed by atoms with van der Waals surface area (Å²) in [5, 5.41) is 5.47. The van der Waals surface area contributed by atoms with E-state index in [1.54, 1.807) is 17.8 Å². The molecule has 1 amide bonds. The molecule has 3 heterocycles. The maximum Gasteiger partial charge on any atom is 0.257 e. The Morgan fingerprint density at radius 2 is 1.61 bits per heavy atom. The Morgan fingerprint density at radius 3 is 2.32 bits per heavy atom. The minimum absolute atomic E-state index is 0.0533. The molecule has 0 saturated carbocycles. The summed E-state index contributed by atoms with van der Waals surface area (Å²) in [6.45, 7) is 2.71. The molecule has 0 aliphatic carbocycles. The maximum absolute atomic E-state index is 13.9. The third-order valence-corrected chi connectivity index (χ3v) is 7.24. The van der Waals surface area contributed by atoms with E-state index in [2.05, 4.69) is 22.0 Å². The van der Waals surface area contributed by atoms with Crippen molar-refractivity contribution >= 4 is 28.8 Å². The molecule has 5 aromatic rings.